The van der Waals surface area contributed by atoms with E-state index in [0.717, 1.165) is 38.2 Å². The van der Waals surface area contributed by atoms with E-state index in [9.17, 15) is 0 Å². The largest absolute Gasteiger partial charge is 0.496 e. The Morgan fingerprint density at radius 2 is 2.15 bits per heavy atom. The molecule has 1 N–H and O–H groups in total. The van der Waals surface area contributed by atoms with E-state index >= 15 is 0 Å². The maximum absolute atomic E-state index is 5.39. The van der Waals surface area contributed by atoms with Gasteiger partial charge in [0.05, 0.1) is 19.1 Å². The number of methoxy groups -OCH3 is 1. The van der Waals surface area contributed by atoms with E-state index in [-0.39, 0.29) is 0 Å². The number of aromatic nitrogens is 2. The highest BCUT2D eigenvalue weighted by Gasteiger charge is 2.05. The summed E-state index contributed by atoms with van der Waals surface area (Å²) in [5.41, 5.74) is 2.46. The lowest BCUT2D eigenvalue weighted by Crippen LogP contribution is -2.17. The molecule has 0 spiro atoms. The first kappa shape index (κ1) is 14.6. The Bertz CT molecular complexity index is 522. The van der Waals surface area contributed by atoms with Gasteiger partial charge in [0, 0.05) is 19.3 Å². The third-order valence-electron chi connectivity index (χ3n) is 3.35. The summed E-state index contributed by atoms with van der Waals surface area (Å²) >= 11 is 0. The molecule has 0 aliphatic heterocycles. The van der Waals surface area contributed by atoms with Crippen molar-refractivity contribution in [2.45, 2.75) is 32.9 Å². The standard InChI is InChI=1S/C16H23N3O/c1-3-9-17-11-15-12-18-13-19(15)10-8-14-6-4-5-7-16(14)20-2/h4-7,12-13,17H,3,8-11H2,1-2H3. The van der Waals surface area contributed by atoms with E-state index in [1.165, 1.54) is 11.3 Å². The topological polar surface area (TPSA) is 39.1 Å². The molecule has 0 radical (unpaired) electrons. The first-order valence-corrected chi connectivity index (χ1v) is 7.16. The molecular formula is C16H23N3O. The van der Waals surface area contributed by atoms with Crippen LogP contribution in [0, 0.1) is 0 Å². The lowest BCUT2D eigenvalue weighted by molar-refractivity contribution is 0.408. The predicted octanol–water partition coefficient (Wildman–Crippen LogP) is 2.63. The van der Waals surface area contributed by atoms with Gasteiger partial charge in [0.2, 0.25) is 0 Å². The first-order valence-electron chi connectivity index (χ1n) is 7.16. The van der Waals surface area contributed by atoms with Gasteiger partial charge in [0.1, 0.15) is 5.75 Å². The molecule has 0 fully saturated rings. The highest BCUT2D eigenvalue weighted by Crippen LogP contribution is 2.18. The van der Waals surface area contributed by atoms with Crippen LogP contribution in [0.5, 0.6) is 5.75 Å². The van der Waals surface area contributed by atoms with Crippen molar-refractivity contribution in [1.82, 2.24) is 14.9 Å². The maximum atomic E-state index is 5.39. The lowest BCUT2D eigenvalue weighted by Gasteiger charge is -2.11. The Balaban J connectivity index is 1.95. The van der Waals surface area contributed by atoms with Gasteiger partial charge in [-0.05, 0) is 31.0 Å². The molecule has 0 bridgehead atoms. The van der Waals surface area contributed by atoms with Crippen LogP contribution in [0.25, 0.3) is 0 Å². The maximum Gasteiger partial charge on any atom is 0.122 e. The monoisotopic (exact) mass is 273 g/mol. The highest BCUT2D eigenvalue weighted by molar-refractivity contribution is 5.33. The van der Waals surface area contributed by atoms with Crippen molar-refractivity contribution in [3.05, 3.63) is 48.0 Å². The fourth-order valence-corrected chi connectivity index (χ4v) is 2.24. The van der Waals surface area contributed by atoms with Crippen LogP contribution in [-0.4, -0.2) is 23.2 Å². The molecule has 1 aromatic carbocycles. The Morgan fingerprint density at radius 3 is 2.95 bits per heavy atom. The molecule has 0 aliphatic carbocycles. The lowest BCUT2D eigenvalue weighted by atomic mass is 10.1. The Labute approximate surface area is 120 Å². The summed E-state index contributed by atoms with van der Waals surface area (Å²) < 4.78 is 7.59. The van der Waals surface area contributed by atoms with Gasteiger partial charge < -0.3 is 14.6 Å². The van der Waals surface area contributed by atoms with Gasteiger partial charge in [0.25, 0.3) is 0 Å². The molecule has 0 aliphatic rings. The Morgan fingerprint density at radius 1 is 1.30 bits per heavy atom. The number of hydrogen-bond donors (Lipinski definition) is 1. The molecule has 1 heterocycles. The molecule has 0 saturated heterocycles. The van der Waals surface area contributed by atoms with E-state index in [4.69, 9.17) is 4.74 Å². The third kappa shape index (κ3) is 3.84. The van der Waals surface area contributed by atoms with Gasteiger partial charge in [-0.25, -0.2) is 4.98 Å². The molecule has 0 amide bonds. The van der Waals surface area contributed by atoms with Gasteiger partial charge in [-0.2, -0.15) is 0 Å². The van der Waals surface area contributed by atoms with Gasteiger partial charge in [-0.1, -0.05) is 25.1 Å². The summed E-state index contributed by atoms with van der Waals surface area (Å²) in [5.74, 6) is 0.957. The van der Waals surface area contributed by atoms with Crippen LogP contribution >= 0.6 is 0 Å². The van der Waals surface area contributed by atoms with Crippen LogP contribution in [-0.2, 0) is 19.5 Å². The number of aryl methyl sites for hydroxylation is 2. The van der Waals surface area contributed by atoms with Crippen molar-refractivity contribution in [3.8, 4) is 5.75 Å². The van der Waals surface area contributed by atoms with Crippen LogP contribution in [0.1, 0.15) is 24.6 Å². The summed E-state index contributed by atoms with van der Waals surface area (Å²) in [6, 6.07) is 8.17. The molecule has 4 nitrogen and oxygen atoms in total. The number of rotatable bonds is 8. The van der Waals surface area contributed by atoms with Crippen LogP contribution in [0.3, 0.4) is 0 Å². The Kier molecular flexibility index (Phi) is 5.62. The second-order valence-electron chi connectivity index (χ2n) is 4.82. The smallest absolute Gasteiger partial charge is 0.122 e. The average Bonchev–Trinajstić information content (AvgIpc) is 2.93. The quantitative estimate of drug-likeness (QED) is 0.752. The van der Waals surface area contributed by atoms with E-state index in [1.807, 2.05) is 24.7 Å². The number of nitrogens with one attached hydrogen (secondary N) is 1. The van der Waals surface area contributed by atoms with Crippen molar-refractivity contribution >= 4 is 0 Å². The minimum atomic E-state index is 0.875. The zero-order valence-electron chi connectivity index (χ0n) is 12.3. The number of ether oxygens (including phenoxy) is 1. The average molecular weight is 273 g/mol. The molecule has 108 valence electrons. The molecule has 0 unspecified atom stereocenters. The third-order valence-corrected chi connectivity index (χ3v) is 3.35. The number of nitrogens with zero attached hydrogens (tertiary/aromatic N) is 2. The van der Waals surface area contributed by atoms with Crippen molar-refractivity contribution in [2.75, 3.05) is 13.7 Å². The van der Waals surface area contributed by atoms with Crippen LogP contribution in [0.2, 0.25) is 0 Å². The van der Waals surface area contributed by atoms with E-state index in [2.05, 4.69) is 33.9 Å². The van der Waals surface area contributed by atoms with E-state index in [0.29, 0.717) is 0 Å². The molecule has 20 heavy (non-hydrogen) atoms. The van der Waals surface area contributed by atoms with Crippen molar-refractivity contribution in [3.63, 3.8) is 0 Å². The SMILES string of the molecule is CCCNCc1cncn1CCc1ccccc1OC. The minimum Gasteiger partial charge on any atom is -0.496 e. The van der Waals surface area contributed by atoms with E-state index < -0.39 is 0 Å². The van der Waals surface area contributed by atoms with Gasteiger partial charge >= 0.3 is 0 Å². The van der Waals surface area contributed by atoms with Crippen molar-refractivity contribution in [2.24, 2.45) is 0 Å². The second kappa shape index (κ2) is 7.70. The molecule has 4 heteroatoms. The normalized spacial score (nSPS) is 10.7. The highest BCUT2D eigenvalue weighted by atomic mass is 16.5. The summed E-state index contributed by atoms with van der Waals surface area (Å²) in [6.45, 7) is 5.01. The molecule has 0 atom stereocenters. The Hall–Kier alpha value is -1.81. The molecule has 1 aromatic heterocycles. The van der Waals surface area contributed by atoms with Gasteiger partial charge in [0.15, 0.2) is 0 Å². The molecular weight excluding hydrogens is 250 g/mol. The summed E-state index contributed by atoms with van der Waals surface area (Å²) in [4.78, 5) is 4.25. The fraction of sp³-hybridized carbons (Fsp3) is 0.438. The second-order valence-corrected chi connectivity index (χ2v) is 4.82. The van der Waals surface area contributed by atoms with Gasteiger partial charge in [-0.15, -0.1) is 0 Å². The number of para-hydroxylation sites is 1. The van der Waals surface area contributed by atoms with Crippen molar-refractivity contribution < 1.29 is 4.74 Å². The number of benzene rings is 1. The zero-order chi connectivity index (χ0) is 14.2. The van der Waals surface area contributed by atoms with Crippen LogP contribution in [0.4, 0.5) is 0 Å². The van der Waals surface area contributed by atoms with E-state index in [1.54, 1.807) is 7.11 Å². The van der Waals surface area contributed by atoms with Crippen molar-refractivity contribution in [1.29, 1.82) is 0 Å². The summed E-state index contributed by atoms with van der Waals surface area (Å²) in [6.07, 6.45) is 5.93. The number of hydrogen-bond acceptors (Lipinski definition) is 3. The van der Waals surface area contributed by atoms with Crippen LogP contribution in [0.15, 0.2) is 36.8 Å². The molecule has 0 saturated carbocycles. The summed E-state index contributed by atoms with van der Waals surface area (Å²) in [7, 11) is 1.72. The molecule has 2 rings (SSSR count). The minimum absolute atomic E-state index is 0.875. The fourth-order valence-electron chi connectivity index (χ4n) is 2.24. The predicted molar refractivity (Wildman–Crippen MR) is 80.9 cm³/mol. The van der Waals surface area contributed by atoms with Gasteiger partial charge in [-0.3, -0.25) is 0 Å². The zero-order valence-corrected chi connectivity index (χ0v) is 12.3. The summed E-state index contributed by atoms with van der Waals surface area (Å²) in [5, 5.41) is 3.41. The number of imidazole rings is 1. The van der Waals surface area contributed by atoms with Crippen LogP contribution < -0.4 is 10.1 Å². The first-order chi connectivity index (χ1) is 9.85. The molecule has 2 aromatic rings.